The fourth-order valence-corrected chi connectivity index (χ4v) is 5.03. The first-order valence-electron chi connectivity index (χ1n) is 10.6. The highest BCUT2D eigenvalue weighted by Crippen LogP contribution is 2.38. The number of nitrogens with one attached hydrogen (secondary N) is 1. The molecule has 2 aliphatic rings. The van der Waals surface area contributed by atoms with Crippen molar-refractivity contribution in [2.24, 2.45) is 0 Å². The second kappa shape index (κ2) is 8.62. The van der Waals surface area contributed by atoms with Crippen LogP contribution < -0.4 is 14.8 Å². The van der Waals surface area contributed by atoms with Gasteiger partial charge in [0.1, 0.15) is 18.2 Å². The first kappa shape index (κ1) is 19.3. The van der Waals surface area contributed by atoms with Gasteiger partial charge in [0.25, 0.3) is 0 Å². The molecule has 0 bridgehead atoms. The Morgan fingerprint density at radius 1 is 1.07 bits per heavy atom. The Morgan fingerprint density at radius 2 is 1.90 bits per heavy atom. The van der Waals surface area contributed by atoms with Crippen LogP contribution in [0.1, 0.15) is 36.9 Å². The molecule has 0 aliphatic carbocycles. The van der Waals surface area contributed by atoms with Gasteiger partial charge in [0.2, 0.25) is 5.13 Å². The summed E-state index contributed by atoms with van der Waals surface area (Å²) in [6.07, 6.45) is 2.39. The molecule has 1 N–H and O–H groups in total. The second-order valence-electron chi connectivity index (χ2n) is 7.67. The van der Waals surface area contributed by atoms with Gasteiger partial charge in [-0.3, -0.25) is 4.90 Å². The third-order valence-electron chi connectivity index (χ3n) is 5.65. The summed E-state index contributed by atoms with van der Waals surface area (Å²) in [5.41, 5.74) is 3.75. The van der Waals surface area contributed by atoms with E-state index in [2.05, 4.69) is 69.8 Å². The lowest BCUT2D eigenvalue weighted by molar-refractivity contribution is 0.170. The third-order valence-corrected chi connectivity index (χ3v) is 6.58. The monoisotopic (exact) mass is 422 g/mol. The van der Waals surface area contributed by atoms with Gasteiger partial charge in [-0.2, -0.15) is 0 Å². The number of benzene rings is 2. The van der Waals surface area contributed by atoms with Crippen molar-refractivity contribution in [2.45, 2.75) is 32.4 Å². The van der Waals surface area contributed by atoms with Gasteiger partial charge in [0.15, 0.2) is 11.5 Å². The maximum absolute atomic E-state index is 5.79. The van der Waals surface area contributed by atoms with Gasteiger partial charge in [-0.05, 0) is 49.6 Å². The Labute approximate surface area is 180 Å². The lowest BCUT2D eigenvalue weighted by Crippen LogP contribution is -2.23. The number of fused-ring (bicyclic) bond motifs is 1. The third kappa shape index (κ3) is 4.00. The van der Waals surface area contributed by atoms with Gasteiger partial charge in [-0.15, -0.1) is 10.2 Å². The van der Waals surface area contributed by atoms with Crippen LogP contribution in [0.2, 0.25) is 0 Å². The van der Waals surface area contributed by atoms with Gasteiger partial charge in [0.05, 0.1) is 0 Å². The van der Waals surface area contributed by atoms with Crippen LogP contribution in [0.5, 0.6) is 11.5 Å². The number of anilines is 1. The lowest BCUT2D eigenvalue weighted by Gasteiger charge is -2.26. The van der Waals surface area contributed by atoms with Crippen molar-refractivity contribution in [3.63, 3.8) is 0 Å². The fraction of sp³-hybridized carbons (Fsp3) is 0.391. The summed E-state index contributed by atoms with van der Waals surface area (Å²) in [4.78, 5) is 2.56. The van der Waals surface area contributed by atoms with E-state index >= 15 is 0 Å². The molecule has 0 saturated carbocycles. The number of hydrogen-bond donors (Lipinski definition) is 1. The molecule has 1 atom stereocenters. The highest BCUT2D eigenvalue weighted by atomic mass is 32.1. The minimum atomic E-state index is 0.423. The first-order valence-corrected chi connectivity index (χ1v) is 11.4. The Balaban J connectivity index is 1.29. The molecule has 6 nitrogen and oxygen atoms in total. The summed E-state index contributed by atoms with van der Waals surface area (Å²) in [5, 5.41) is 13.5. The van der Waals surface area contributed by atoms with E-state index in [0.717, 1.165) is 46.8 Å². The van der Waals surface area contributed by atoms with Crippen molar-refractivity contribution in [2.75, 3.05) is 31.6 Å². The largest absolute Gasteiger partial charge is 0.486 e. The summed E-state index contributed by atoms with van der Waals surface area (Å²) in [6.45, 7) is 6.23. The van der Waals surface area contributed by atoms with Crippen molar-refractivity contribution in [3.05, 3.63) is 53.6 Å². The molecule has 1 fully saturated rings. The standard InChI is InChI=1S/C23H26N4O2S/c1-2-24-23-26-25-22(30-23)17-7-5-16(6-8-17)15-27-11-3-4-19(27)18-9-10-20-21(14-18)29-13-12-28-20/h5-10,14,19H,2-4,11-13,15H2,1H3,(H,24,26)/t19-/m0/s1. The SMILES string of the molecule is CCNc1nnc(-c2ccc(CN3CCC[C@H]3c3ccc4c(c3)OCCO4)cc2)s1. The number of ether oxygens (including phenoxy) is 2. The topological polar surface area (TPSA) is 59.5 Å². The maximum atomic E-state index is 5.79. The predicted molar refractivity (Wildman–Crippen MR) is 119 cm³/mol. The van der Waals surface area contributed by atoms with Crippen LogP contribution in [0, 0.1) is 0 Å². The fourth-order valence-electron chi connectivity index (χ4n) is 4.21. The van der Waals surface area contributed by atoms with Gasteiger partial charge < -0.3 is 14.8 Å². The smallest absolute Gasteiger partial charge is 0.205 e. The van der Waals surface area contributed by atoms with Crippen molar-refractivity contribution >= 4 is 16.5 Å². The van der Waals surface area contributed by atoms with Crippen molar-refractivity contribution in [1.29, 1.82) is 0 Å². The summed E-state index contributed by atoms with van der Waals surface area (Å²) >= 11 is 1.59. The van der Waals surface area contributed by atoms with E-state index in [1.165, 1.54) is 24.0 Å². The zero-order valence-electron chi connectivity index (χ0n) is 17.1. The van der Waals surface area contributed by atoms with Crippen molar-refractivity contribution in [3.8, 4) is 22.1 Å². The summed E-state index contributed by atoms with van der Waals surface area (Å²) in [6, 6.07) is 15.6. The molecular weight excluding hydrogens is 396 g/mol. The Morgan fingerprint density at radius 3 is 2.73 bits per heavy atom. The molecule has 0 amide bonds. The summed E-state index contributed by atoms with van der Waals surface area (Å²) in [7, 11) is 0. The van der Waals surface area contributed by atoms with Gasteiger partial charge in [-0.25, -0.2) is 0 Å². The van der Waals surface area contributed by atoms with Crippen LogP contribution in [0.15, 0.2) is 42.5 Å². The van der Waals surface area contributed by atoms with E-state index in [1.807, 2.05) is 0 Å². The van der Waals surface area contributed by atoms with E-state index < -0.39 is 0 Å². The Hall–Kier alpha value is -2.64. The molecule has 1 saturated heterocycles. The maximum Gasteiger partial charge on any atom is 0.205 e. The lowest BCUT2D eigenvalue weighted by atomic mass is 10.0. The van der Waals surface area contributed by atoms with Crippen LogP contribution in [0.25, 0.3) is 10.6 Å². The highest BCUT2D eigenvalue weighted by Gasteiger charge is 2.27. The van der Waals surface area contributed by atoms with Crippen LogP contribution in [0.4, 0.5) is 5.13 Å². The van der Waals surface area contributed by atoms with E-state index in [4.69, 9.17) is 9.47 Å². The van der Waals surface area contributed by atoms with E-state index in [1.54, 1.807) is 11.3 Å². The van der Waals surface area contributed by atoms with Crippen LogP contribution in [-0.4, -0.2) is 41.4 Å². The van der Waals surface area contributed by atoms with E-state index in [9.17, 15) is 0 Å². The quantitative estimate of drug-likeness (QED) is 0.619. The van der Waals surface area contributed by atoms with Crippen LogP contribution in [0.3, 0.4) is 0 Å². The normalized spacial score (nSPS) is 18.5. The average molecular weight is 423 g/mol. The summed E-state index contributed by atoms with van der Waals surface area (Å²) < 4.78 is 11.5. The summed E-state index contributed by atoms with van der Waals surface area (Å²) in [5.74, 6) is 1.74. The zero-order chi connectivity index (χ0) is 20.3. The molecule has 1 aromatic heterocycles. The molecule has 2 aliphatic heterocycles. The van der Waals surface area contributed by atoms with Crippen molar-refractivity contribution < 1.29 is 9.47 Å². The van der Waals surface area contributed by atoms with E-state index in [-0.39, 0.29) is 0 Å². The molecule has 3 aromatic rings. The first-order chi connectivity index (χ1) is 14.8. The predicted octanol–water partition coefficient (Wildman–Crippen LogP) is 4.75. The highest BCUT2D eigenvalue weighted by molar-refractivity contribution is 7.18. The van der Waals surface area contributed by atoms with Crippen LogP contribution >= 0.6 is 11.3 Å². The molecule has 0 spiro atoms. The van der Waals surface area contributed by atoms with Gasteiger partial charge >= 0.3 is 0 Å². The Kier molecular flexibility index (Phi) is 5.55. The molecular formula is C23H26N4O2S. The van der Waals surface area contributed by atoms with E-state index in [0.29, 0.717) is 19.3 Å². The van der Waals surface area contributed by atoms with Gasteiger partial charge in [-0.1, -0.05) is 41.7 Å². The average Bonchev–Trinajstić information content (AvgIpc) is 3.44. The zero-order valence-corrected chi connectivity index (χ0v) is 18.0. The molecule has 0 radical (unpaired) electrons. The molecule has 2 aromatic carbocycles. The number of hydrogen-bond acceptors (Lipinski definition) is 7. The molecule has 0 unspecified atom stereocenters. The second-order valence-corrected chi connectivity index (χ2v) is 8.65. The minimum absolute atomic E-state index is 0.423. The number of aromatic nitrogens is 2. The molecule has 7 heteroatoms. The molecule has 30 heavy (non-hydrogen) atoms. The number of rotatable bonds is 6. The Bertz CT molecular complexity index is 1000. The van der Waals surface area contributed by atoms with Crippen molar-refractivity contribution in [1.82, 2.24) is 15.1 Å². The molecule has 3 heterocycles. The molecule has 5 rings (SSSR count). The minimum Gasteiger partial charge on any atom is -0.486 e. The number of nitrogens with zero attached hydrogens (tertiary/aromatic N) is 3. The van der Waals surface area contributed by atoms with Gasteiger partial charge in [0, 0.05) is 24.7 Å². The van der Waals surface area contributed by atoms with Crippen LogP contribution in [-0.2, 0) is 6.54 Å². The molecule has 156 valence electrons. The number of likely N-dealkylation sites (tertiary alicyclic amines) is 1.